The quantitative estimate of drug-likeness (QED) is 0.778. The maximum absolute atomic E-state index is 10.6. The number of aliphatic carboxylic acids is 1. The van der Waals surface area contributed by atoms with Crippen LogP contribution in [0.4, 0.5) is 17.3 Å². The third kappa shape index (κ3) is 3.67. The topological polar surface area (TPSA) is 87.1 Å². The molecule has 0 atom stereocenters. The molecular weight excluding hydrogens is 324 g/mol. The predicted molar refractivity (Wildman–Crippen MR) is 80.3 cm³/mol. The van der Waals surface area contributed by atoms with Crippen molar-refractivity contribution in [1.82, 2.24) is 9.97 Å². The summed E-state index contributed by atoms with van der Waals surface area (Å²) in [4.78, 5) is 18.8. The molecule has 20 heavy (non-hydrogen) atoms. The number of aromatic nitrogens is 2. The molecule has 0 saturated heterocycles. The van der Waals surface area contributed by atoms with Crippen LogP contribution in [0.1, 0.15) is 5.56 Å². The van der Waals surface area contributed by atoms with Gasteiger partial charge in [-0.05, 0) is 30.7 Å². The van der Waals surface area contributed by atoms with Crippen molar-refractivity contribution in [3.8, 4) is 0 Å². The van der Waals surface area contributed by atoms with Gasteiger partial charge in [0.2, 0.25) is 0 Å². The van der Waals surface area contributed by atoms with E-state index in [2.05, 4.69) is 36.5 Å². The molecule has 1 aromatic heterocycles. The molecule has 6 nitrogen and oxygen atoms in total. The number of halogens is 1. The minimum absolute atomic E-state index is 0.216. The van der Waals surface area contributed by atoms with Gasteiger partial charge in [0.15, 0.2) is 11.6 Å². The second kappa shape index (κ2) is 6.33. The average molecular weight is 337 g/mol. The number of hydrogen-bond donors (Lipinski definition) is 3. The normalized spacial score (nSPS) is 10.1. The van der Waals surface area contributed by atoms with Crippen molar-refractivity contribution in [2.24, 2.45) is 0 Å². The Labute approximate surface area is 124 Å². The number of carboxylic acid groups (broad SMARTS) is 1. The zero-order valence-corrected chi connectivity index (χ0v) is 12.3. The van der Waals surface area contributed by atoms with Crippen LogP contribution in [0.5, 0.6) is 0 Å². The second-order valence-corrected chi connectivity index (χ2v) is 4.94. The van der Waals surface area contributed by atoms with E-state index in [4.69, 9.17) is 5.11 Å². The van der Waals surface area contributed by atoms with Crippen molar-refractivity contribution in [3.05, 3.63) is 40.6 Å². The summed E-state index contributed by atoms with van der Waals surface area (Å²) in [5.41, 5.74) is 1.93. The molecule has 0 aliphatic rings. The number of carboxylic acids is 1. The largest absolute Gasteiger partial charge is 0.480 e. The van der Waals surface area contributed by atoms with Crippen LogP contribution >= 0.6 is 15.9 Å². The van der Waals surface area contributed by atoms with Gasteiger partial charge < -0.3 is 15.7 Å². The molecule has 104 valence electrons. The number of rotatable bonds is 5. The van der Waals surface area contributed by atoms with Crippen molar-refractivity contribution >= 4 is 39.2 Å². The lowest BCUT2D eigenvalue weighted by Gasteiger charge is -2.11. The summed E-state index contributed by atoms with van der Waals surface area (Å²) in [6.45, 7) is 1.77. The number of benzene rings is 1. The maximum Gasteiger partial charge on any atom is 0.322 e. The Morgan fingerprint density at radius 3 is 2.65 bits per heavy atom. The third-order valence-corrected chi connectivity index (χ3v) is 3.42. The van der Waals surface area contributed by atoms with Crippen LogP contribution in [0, 0.1) is 6.92 Å². The van der Waals surface area contributed by atoms with Crippen molar-refractivity contribution < 1.29 is 9.90 Å². The average Bonchev–Trinajstić information content (AvgIpc) is 2.42. The number of hydrogen-bond acceptors (Lipinski definition) is 5. The minimum atomic E-state index is -0.957. The van der Waals surface area contributed by atoms with Crippen LogP contribution in [0.25, 0.3) is 0 Å². The van der Waals surface area contributed by atoms with Crippen LogP contribution in [-0.2, 0) is 4.79 Å². The SMILES string of the molecule is Cc1cc(Nc2nccnc2NCC(=O)O)ccc1Br. The molecule has 0 spiro atoms. The Morgan fingerprint density at radius 1 is 1.30 bits per heavy atom. The van der Waals surface area contributed by atoms with Gasteiger partial charge in [0, 0.05) is 22.6 Å². The fraction of sp³-hybridized carbons (Fsp3) is 0.154. The van der Waals surface area contributed by atoms with Crippen molar-refractivity contribution in [2.45, 2.75) is 6.92 Å². The Hall–Kier alpha value is -2.15. The van der Waals surface area contributed by atoms with E-state index in [0.717, 1.165) is 15.7 Å². The van der Waals surface area contributed by atoms with E-state index in [1.54, 1.807) is 6.20 Å². The summed E-state index contributed by atoms with van der Waals surface area (Å²) in [6.07, 6.45) is 3.04. The van der Waals surface area contributed by atoms with Gasteiger partial charge in [-0.3, -0.25) is 4.79 Å². The predicted octanol–water partition coefficient (Wildman–Crippen LogP) is 2.79. The Morgan fingerprint density at radius 2 is 2.00 bits per heavy atom. The minimum Gasteiger partial charge on any atom is -0.480 e. The first kappa shape index (κ1) is 14.3. The lowest BCUT2D eigenvalue weighted by Crippen LogP contribution is -2.14. The summed E-state index contributed by atoms with van der Waals surface area (Å²) in [7, 11) is 0. The van der Waals surface area contributed by atoms with Gasteiger partial charge in [-0.15, -0.1) is 0 Å². The molecule has 0 aliphatic heterocycles. The molecule has 2 rings (SSSR count). The first-order valence-electron chi connectivity index (χ1n) is 5.86. The molecule has 0 unspecified atom stereocenters. The number of anilines is 3. The summed E-state index contributed by atoms with van der Waals surface area (Å²) < 4.78 is 1.02. The Kier molecular flexibility index (Phi) is 4.52. The van der Waals surface area contributed by atoms with E-state index < -0.39 is 5.97 Å². The first-order chi connectivity index (χ1) is 9.56. The van der Waals surface area contributed by atoms with E-state index in [0.29, 0.717) is 11.6 Å². The number of nitrogens with zero attached hydrogens (tertiary/aromatic N) is 2. The molecule has 0 saturated carbocycles. The van der Waals surface area contributed by atoms with Gasteiger partial charge in [0.25, 0.3) is 0 Å². The van der Waals surface area contributed by atoms with E-state index in [1.807, 2.05) is 25.1 Å². The fourth-order valence-electron chi connectivity index (χ4n) is 1.58. The molecule has 0 radical (unpaired) electrons. The lowest BCUT2D eigenvalue weighted by atomic mass is 10.2. The number of carbonyl (C=O) groups is 1. The fourth-order valence-corrected chi connectivity index (χ4v) is 1.82. The van der Waals surface area contributed by atoms with Crippen LogP contribution in [0.2, 0.25) is 0 Å². The van der Waals surface area contributed by atoms with Crippen LogP contribution in [0.15, 0.2) is 35.1 Å². The Balaban J connectivity index is 2.19. The van der Waals surface area contributed by atoms with Crippen molar-refractivity contribution in [1.29, 1.82) is 0 Å². The van der Waals surface area contributed by atoms with Crippen molar-refractivity contribution in [3.63, 3.8) is 0 Å². The number of nitrogens with one attached hydrogen (secondary N) is 2. The highest BCUT2D eigenvalue weighted by molar-refractivity contribution is 9.10. The highest BCUT2D eigenvalue weighted by Gasteiger charge is 2.07. The van der Waals surface area contributed by atoms with Gasteiger partial charge in [0.05, 0.1) is 0 Å². The standard InChI is InChI=1S/C13H13BrN4O2/c1-8-6-9(2-3-10(8)14)18-13-12(15-4-5-16-13)17-7-11(19)20/h2-6H,7H2,1H3,(H,15,17)(H,16,18)(H,19,20). The van der Waals surface area contributed by atoms with Gasteiger partial charge in [-0.1, -0.05) is 15.9 Å². The molecule has 0 bridgehead atoms. The van der Waals surface area contributed by atoms with E-state index >= 15 is 0 Å². The molecule has 0 amide bonds. The van der Waals surface area contributed by atoms with Crippen LogP contribution in [-0.4, -0.2) is 27.6 Å². The van der Waals surface area contributed by atoms with Crippen LogP contribution < -0.4 is 10.6 Å². The molecule has 3 N–H and O–H groups in total. The highest BCUT2D eigenvalue weighted by Crippen LogP contribution is 2.24. The molecule has 7 heteroatoms. The first-order valence-corrected chi connectivity index (χ1v) is 6.65. The number of aryl methyl sites for hydroxylation is 1. The van der Waals surface area contributed by atoms with E-state index in [1.165, 1.54) is 6.20 Å². The summed E-state index contributed by atoms with van der Waals surface area (Å²) in [5.74, 6) is -0.0768. The summed E-state index contributed by atoms with van der Waals surface area (Å²) in [6, 6.07) is 5.78. The van der Waals surface area contributed by atoms with Gasteiger partial charge in [0.1, 0.15) is 6.54 Å². The monoisotopic (exact) mass is 336 g/mol. The maximum atomic E-state index is 10.6. The zero-order valence-electron chi connectivity index (χ0n) is 10.7. The smallest absolute Gasteiger partial charge is 0.322 e. The summed E-state index contributed by atoms with van der Waals surface area (Å²) >= 11 is 3.44. The van der Waals surface area contributed by atoms with Crippen LogP contribution in [0.3, 0.4) is 0 Å². The molecular formula is C13H13BrN4O2. The molecule has 0 aliphatic carbocycles. The Bertz CT molecular complexity index is 634. The highest BCUT2D eigenvalue weighted by atomic mass is 79.9. The van der Waals surface area contributed by atoms with Gasteiger partial charge in [-0.25, -0.2) is 9.97 Å². The second-order valence-electron chi connectivity index (χ2n) is 4.09. The lowest BCUT2D eigenvalue weighted by molar-refractivity contribution is -0.134. The zero-order chi connectivity index (χ0) is 14.5. The summed E-state index contributed by atoms with van der Waals surface area (Å²) in [5, 5.41) is 14.5. The molecule has 2 aromatic rings. The van der Waals surface area contributed by atoms with E-state index in [9.17, 15) is 4.79 Å². The molecule has 0 fully saturated rings. The molecule has 1 heterocycles. The van der Waals surface area contributed by atoms with E-state index in [-0.39, 0.29) is 6.54 Å². The van der Waals surface area contributed by atoms with Crippen molar-refractivity contribution in [2.75, 3.05) is 17.2 Å². The van der Waals surface area contributed by atoms with Gasteiger partial charge >= 0.3 is 5.97 Å². The van der Waals surface area contributed by atoms with Gasteiger partial charge in [-0.2, -0.15) is 0 Å². The molecule has 1 aromatic carbocycles. The third-order valence-electron chi connectivity index (χ3n) is 2.53.